The van der Waals surface area contributed by atoms with Gasteiger partial charge < -0.3 is 49.6 Å². The van der Waals surface area contributed by atoms with Crippen molar-refractivity contribution in [2.75, 3.05) is 6.61 Å². The summed E-state index contributed by atoms with van der Waals surface area (Å²) in [5.41, 5.74) is 0.00223. The molecular formula is C23H28O12. The maximum atomic E-state index is 12.6. The molecule has 1 aromatic carbocycles. The molecule has 4 rings (SSSR count). The SMILES string of the molecule is C[C@@H]1[C@H](OC(=O)c2ccccc2)[C@H](O)[C@@H]2C(C(=O)O)=CO[C@@H](O[C@H]3O[C@@H](CO)[C@H](O)[C@@H](O)[C@@H]3O)[C@H]12. The molecule has 0 radical (unpaired) electrons. The molecule has 12 heteroatoms. The van der Waals surface area contributed by atoms with Crippen LogP contribution in [0, 0.1) is 17.8 Å². The highest BCUT2D eigenvalue weighted by Crippen LogP contribution is 2.48. The number of carboxylic acid groups (broad SMARTS) is 1. The van der Waals surface area contributed by atoms with Gasteiger partial charge in [-0.3, -0.25) is 0 Å². The van der Waals surface area contributed by atoms with Crippen molar-refractivity contribution in [1.82, 2.24) is 0 Å². The number of carbonyl (C=O) groups excluding carboxylic acids is 1. The molecule has 0 aromatic heterocycles. The summed E-state index contributed by atoms with van der Waals surface area (Å²) >= 11 is 0. The molecule has 3 aliphatic rings. The Morgan fingerprint density at radius 3 is 2.29 bits per heavy atom. The first-order valence-electron chi connectivity index (χ1n) is 11.1. The fraction of sp³-hybridized carbons (Fsp3) is 0.565. The van der Waals surface area contributed by atoms with Gasteiger partial charge >= 0.3 is 11.9 Å². The van der Waals surface area contributed by atoms with Gasteiger partial charge in [0, 0.05) is 17.8 Å². The Morgan fingerprint density at radius 2 is 1.66 bits per heavy atom. The van der Waals surface area contributed by atoms with Gasteiger partial charge in [0.05, 0.1) is 30.1 Å². The fourth-order valence-corrected chi connectivity index (χ4v) is 4.98. The number of hydrogen-bond donors (Lipinski definition) is 6. The van der Waals surface area contributed by atoms with Crippen molar-refractivity contribution in [2.24, 2.45) is 17.8 Å². The second-order valence-electron chi connectivity index (χ2n) is 8.90. The molecule has 0 spiro atoms. The van der Waals surface area contributed by atoms with Crippen LogP contribution < -0.4 is 0 Å². The number of aliphatic hydroxyl groups is 5. The van der Waals surface area contributed by atoms with Gasteiger partial charge in [0.25, 0.3) is 0 Å². The predicted octanol–water partition coefficient (Wildman–Crippen LogP) is -1.40. The number of carbonyl (C=O) groups is 2. The standard InChI is InChI=1S/C23H28O12/c1-9-13-14(16(26)19(9)34-21(31)10-5-3-2-4-6-10)11(20(29)30)8-32-22(13)35-23-18(28)17(27)15(25)12(7-24)33-23/h2-6,8-9,12-19,22-28H,7H2,1H3,(H,29,30)/t9-,12-,13+,14+,15-,16+,17+,18-,19-,22-,23+/m0/s1. The van der Waals surface area contributed by atoms with Crippen LogP contribution in [0.15, 0.2) is 42.2 Å². The molecule has 0 amide bonds. The molecule has 35 heavy (non-hydrogen) atoms. The van der Waals surface area contributed by atoms with Gasteiger partial charge in [-0.05, 0) is 12.1 Å². The highest BCUT2D eigenvalue weighted by molar-refractivity contribution is 5.89. The summed E-state index contributed by atoms with van der Waals surface area (Å²) in [7, 11) is 0. The lowest BCUT2D eigenvalue weighted by molar-refractivity contribution is -0.343. The number of rotatable bonds is 6. The number of carboxylic acids is 1. The van der Waals surface area contributed by atoms with Crippen LogP contribution >= 0.6 is 0 Å². The average molecular weight is 496 g/mol. The Bertz CT molecular complexity index is 949. The zero-order chi connectivity index (χ0) is 25.4. The first kappa shape index (κ1) is 25.5. The summed E-state index contributed by atoms with van der Waals surface area (Å²) in [6.45, 7) is 0.965. The molecule has 1 saturated carbocycles. The Morgan fingerprint density at radius 1 is 0.971 bits per heavy atom. The number of ether oxygens (including phenoxy) is 4. The van der Waals surface area contributed by atoms with Crippen LogP contribution in [0.5, 0.6) is 0 Å². The van der Waals surface area contributed by atoms with Gasteiger partial charge in [-0.15, -0.1) is 0 Å². The molecule has 0 bridgehead atoms. The minimum atomic E-state index is -1.71. The topological polar surface area (TPSA) is 192 Å². The molecule has 2 heterocycles. The van der Waals surface area contributed by atoms with Crippen LogP contribution in [-0.2, 0) is 23.7 Å². The number of aliphatic carboxylic acids is 1. The predicted molar refractivity (Wildman–Crippen MR) is 113 cm³/mol. The Kier molecular flexibility index (Phi) is 7.43. The van der Waals surface area contributed by atoms with Gasteiger partial charge in [0.15, 0.2) is 6.29 Å². The lowest BCUT2D eigenvalue weighted by atomic mass is 9.82. The summed E-state index contributed by atoms with van der Waals surface area (Å²) in [6.07, 6.45) is -10.7. The first-order chi connectivity index (χ1) is 16.6. The third-order valence-corrected chi connectivity index (χ3v) is 6.86. The molecule has 11 atom stereocenters. The van der Waals surface area contributed by atoms with Crippen LogP contribution in [0.2, 0.25) is 0 Å². The van der Waals surface area contributed by atoms with Crippen LogP contribution in [0.1, 0.15) is 17.3 Å². The van der Waals surface area contributed by atoms with E-state index in [9.17, 15) is 40.2 Å². The van der Waals surface area contributed by atoms with E-state index in [0.717, 1.165) is 6.26 Å². The van der Waals surface area contributed by atoms with Gasteiger partial charge in [-0.25, -0.2) is 9.59 Å². The average Bonchev–Trinajstić information content (AvgIpc) is 3.10. The van der Waals surface area contributed by atoms with Crippen LogP contribution in [0.4, 0.5) is 0 Å². The molecule has 1 saturated heterocycles. The maximum absolute atomic E-state index is 12.6. The second kappa shape index (κ2) is 10.2. The van der Waals surface area contributed by atoms with E-state index < -0.39 is 85.5 Å². The molecule has 0 unspecified atom stereocenters. The molecule has 2 aliphatic heterocycles. The van der Waals surface area contributed by atoms with Crippen LogP contribution in [0.3, 0.4) is 0 Å². The van der Waals surface area contributed by atoms with Crippen LogP contribution in [0.25, 0.3) is 0 Å². The van der Waals surface area contributed by atoms with Crippen molar-refractivity contribution in [2.45, 2.75) is 56.1 Å². The van der Waals surface area contributed by atoms with Crippen molar-refractivity contribution in [3.63, 3.8) is 0 Å². The lowest BCUT2D eigenvalue weighted by Gasteiger charge is -2.43. The summed E-state index contributed by atoms with van der Waals surface area (Å²) in [4.78, 5) is 24.5. The van der Waals surface area contributed by atoms with Crippen molar-refractivity contribution in [1.29, 1.82) is 0 Å². The highest BCUT2D eigenvalue weighted by atomic mass is 16.8. The number of benzene rings is 1. The Balaban J connectivity index is 1.58. The van der Waals surface area contributed by atoms with E-state index in [2.05, 4.69) is 0 Å². The molecule has 1 aromatic rings. The zero-order valence-corrected chi connectivity index (χ0v) is 18.7. The van der Waals surface area contributed by atoms with Crippen molar-refractivity contribution >= 4 is 11.9 Å². The van der Waals surface area contributed by atoms with Crippen LogP contribution in [-0.4, -0.2) is 98.4 Å². The first-order valence-corrected chi connectivity index (χ1v) is 11.1. The normalized spacial score (nSPS) is 40.9. The van der Waals surface area contributed by atoms with E-state index in [-0.39, 0.29) is 11.1 Å². The molecule has 1 aliphatic carbocycles. The summed E-state index contributed by atoms with van der Waals surface area (Å²) < 4.78 is 22.1. The van der Waals surface area contributed by atoms with E-state index in [4.69, 9.17) is 18.9 Å². The summed E-state index contributed by atoms with van der Waals surface area (Å²) in [5.74, 6) is -4.62. The molecule has 12 nitrogen and oxygen atoms in total. The minimum Gasteiger partial charge on any atom is -0.478 e. The highest BCUT2D eigenvalue weighted by Gasteiger charge is 2.59. The van der Waals surface area contributed by atoms with Crippen molar-refractivity contribution in [3.05, 3.63) is 47.7 Å². The largest absolute Gasteiger partial charge is 0.478 e. The molecule has 6 N–H and O–H groups in total. The Hall–Kier alpha value is -2.58. The van der Waals surface area contributed by atoms with Gasteiger partial charge in [-0.1, -0.05) is 25.1 Å². The van der Waals surface area contributed by atoms with Gasteiger partial charge in [-0.2, -0.15) is 0 Å². The number of hydrogen-bond acceptors (Lipinski definition) is 11. The van der Waals surface area contributed by atoms with E-state index in [0.29, 0.717) is 0 Å². The summed E-state index contributed by atoms with van der Waals surface area (Å²) in [6, 6.07) is 8.10. The third kappa shape index (κ3) is 4.66. The molecule has 2 fully saturated rings. The van der Waals surface area contributed by atoms with E-state index in [1.165, 1.54) is 12.1 Å². The van der Waals surface area contributed by atoms with Crippen molar-refractivity contribution < 1.29 is 59.2 Å². The molecule has 192 valence electrons. The third-order valence-electron chi connectivity index (χ3n) is 6.86. The van der Waals surface area contributed by atoms with Gasteiger partial charge in [0.1, 0.15) is 30.5 Å². The monoisotopic (exact) mass is 496 g/mol. The Labute approximate surface area is 199 Å². The van der Waals surface area contributed by atoms with Gasteiger partial charge in [0.2, 0.25) is 6.29 Å². The minimum absolute atomic E-state index is 0.249. The number of aliphatic hydroxyl groups excluding tert-OH is 5. The maximum Gasteiger partial charge on any atom is 0.338 e. The molecular weight excluding hydrogens is 468 g/mol. The smallest absolute Gasteiger partial charge is 0.338 e. The van der Waals surface area contributed by atoms with E-state index in [1.54, 1.807) is 25.1 Å². The summed E-state index contributed by atoms with van der Waals surface area (Å²) in [5, 5.41) is 60.4. The van der Waals surface area contributed by atoms with Crippen molar-refractivity contribution in [3.8, 4) is 0 Å². The lowest BCUT2D eigenvalue weighted by Crippen LogP contribution is -2.60. The zero-order valence-electron chi connectivity index (χ0n) is 18.7. The number of fused-ring (bicyclic) bond motifs is 1. The fourth-order valence-electron chi connectivity index (χ4n) is 4.98. The second-order valence-corrected chi connectivity index (χ2v) is 8.90. The van der Waals surface area contributed by atoms with E-state index >= 15 is 0 Å². The quantitative estimate of drug-likeness (QED) is 0.253. The number of esters is 1. The van der Waals surface area contributed by atoms with E-state index in [1.807, 2.05) is 0 Å².